The maximum absolute atomic E-state index is 13.4. The summed E-state index contributed by atoms with van der Waals surface area (Å²) in [5.41, 5.74) is 3.82. The van der Waals surface area contributed by atoms with Gasteiger partial charge in [0.25, 0.3) is 0 Å². The number of anilines is 1. The average molecular weight is 351 g/mol. The standard InChI is InChI=1S/C23H29NO2/c1-4-26-21-12-11-20(16-18(21)3)24-22(25)23(13-6-5-7-14-23)19-10-8-9-17(2)15-19/h8-12,15-16H,4-7,13-14H2,1-3H3,(H,24,25). The van der Waals surface area contributed by atoms with Gasteiger partial charge >= 0.3 is 0 Å². The molecule has 0 heterocycles. The molecule has 3 rings (SSSR count). The Labute approximate surface area is 156 Å². The van der Waals surface area contributed by atoms with E-state index in [-0.39, 0.29) is 5.91 Å². The van der Waals surface area contributed by atoms with E-state index in [9.17, 15) is 4.79 Å². The maximum atomic E-state index is 13.4. The molecule has 1 fully saturated rings. The number of carbonyl (C=O) groups is 1. The Morgan fingerprint density at radius 3 is 2.50 bits per heavy atom. The van der Waals surface area contributed by atoms with Crippen LogP contribution in [0.4, 0.5) is 5.69 Å². The lowest BCUT2D eigenvalue weighted by molar-refractivity contribution is -0.122. The number of amides is 1. The van der Waals surface area contributed by atoms with Crippen molar-refractivity contribution in [3.63, 3.8) is 0 Å². The van der Waals surface area contributed by atoms with E-state index in [1.807, 2.05) is 32.0 Å². The van der Waals surface area contributed by atoms with Crippen molar-refractivity contribution in [1.82, 2.24) is 0 Å². The van der Waals surface area contributed by atoms with Gasteiger partial charge in [-0.3, -0.25) is 4.79 Å². The van der Waals surface area contributed by atoms with Crippen LogP contribution in [0.5, 0.6) is 5.75 Å². The minimum absolute atomic E-state index is 0.117. The number of nitrogens with one attached hydrogen (secondary N) is 1. The molecule has 2 aromatic rings. The van der Waals surface area contributed by atoms with Crippen LogP contribution >= 0.6 is 0 Å². The molecule has 3 nitrogen and oxygen atoms in total. The van der Waals surface area contributed by atoms with E-state index in [0.29, 0.717) is 6.61 Å². The van der Waals surface area contributed by atoms with Gasteiger partial charge in [-0.05, 0) is 62.9 Å². The first-order valence-corrected chi connectivity index (χ1v) is 9.67. The van der Waals surface area contributed by atoms with Crippen molar-refractivity contribution < 1.29 is 9.53 Å². The van der Waals surface area contributed by atoms with Gasteiger partial charge in [-0.1, -0.05) is 49.1 Å². The summed E-state index contributed by atoms with van der Waals surface area (Å²) in [6, 6.07) is 14.3. The van der Waals surface area contributed by atoms with E-state index in [1.165, 1.54) is 12.0 Å². The summed E-state index contributed by atoms with van der Waals surface area (Å²) in [6.07, 6.45) is 5.24. The third-order valence-corrected chi connectivity index (χ3v) is 5.45. The van der Waals surface area contributed by atoms with Gasteiger partial charge in [-0.2, -0.15) is 0 Å². The molecule has 0 bridgehead atoms. The Bertz CT molecular complexity index is 776. The summed E-state index contributed by atoms with van der Waals surface area (Å²) in [7, 11) is 0. The minimum Gasteiger partial charge on any atom is -0.494 e. The van der Waals surface area contributed by atoms with Crippen molar-refractivity contribution in [1.29, 1.82) is 0 Å². The molecule has 1 N–H and O–H groups in total. The topological polar surface area (TPSA) is 38.3 Å². The normalized spacial score (nSPS) is 16.1. The first-order valence-electron chi connectivity index (χ1n) is 9.67. The van der Waals surface area contributed by atoms with Crippen LogP contribution in [-0.2, 0) is 10.2 Å². The van der Waals surface area contributed by atoms with Gasteiger partial charge < -0.3 is 10.1 Å². The summed E-state index contributed by atoms with van der Waals surface area (Å²) in [5.74, 6) is 0.989. The van der Waals surface area contributed by atoms with E-state index in [0.717, 1.165) is 48.2 Å². The molecule has 26 heavy (non-hydrogen) atoms. The Kier molecular flexibility index (Phi) is 5.65. The number of rotatable bonds is 5. The fourth-order valence-electron chi connectivity index (χ4n) is 4.04. The number of aryl methyl sites for hydroxylation is 2. The third kappa shape index (κ3) is 3.77. The third-order valence-electron chi connectivity index (χ3n) is 5.45. The van der Waals surface area contributed by atoms with Crippen molar-refractivity contribution in [3.8, 4) is 5.75 Å². The fourth-order valence-corrected chi connectivity index (χ4v) is 4.04. The van der Waals surface area contributed by atoms with Crippen LogP contribution in [-0.4, -0.2) is 12.5 Å². The zero-order chi connectivity index (χ0) is 18.6. The molecule has 0 atom stereocenters. The van der Waals surface area contributed by atoms with Crippen LogP contribution in [0.25, 0.3) is 0 Å². The molecule has 138 valence electrons. The SMILES string of the molecule is CCOc1ccc(NC(=O)C2(c3cccc(C)c3)CCCCC2)cc1C. The lowest BCUT2D eigenvalue weighted by Crippen LogP contribution is -2.42. The molecular weight excluding hydrogens is 322 g/mol. The molecule has 0 aromatic heterocycles. The van der Waals surface area contributed by atoms with Gasteiger partial charge in [-0.25, -0.2) is 0 Å². The summed E-state index contributed by atoms with van der Waals surface area (Å²) < 4.78 is 5.60. The molecule has 1 saturated carbocycles. The van der Waals surface area contributed by atoms with E-state index >= 15 is 0 Å². The molecule has 3 heteroatoms. The van der Waals surface area contributed by atoms with Gasteiger partial charge in [-0.15, -0.1) is 0 Å². The molecule has 1 aliphatic carbocycles. The smallest absolute Gasteiger partial charge is 0.235 e. The van der Waals surface area contributed by atoms with Crippen molar-refractivity contribution in [2.75, 3.05) is 11.9 Å². The van der Waals surface area contributed by atoms with Crippen molar-refractivity contribution in [3.05, 3.63) is 59.2 Å². The zero-order valence-electron chi connectivity index (χ0n) is 16.1. The molecule has 0 radical (unpaired) electrons. The van der Waals surface area contributed by atoms with Crippen molar-refractivity contribution in [2.45, 2.75) is 58.3 Å². The van der Waals surface area contributed by atoms with Crippen LogP contribution in [0.1, 0.15) is 55.7 Å². The second-order valence-corrected chi connectivity index (χ2v) is 7.38. The second-order valence-electron chi connectivity index (χ2n) is 7.38. The average Bonchev–Trinajstić information content (AvgIpc) is 2.64. The zero-order valence-corrected chi connectivity index (χ0v) is 16.1. The van der Waals surface area contributed by atoms with Crippen LogP contribution < -0.4 is 10.1 Å². The maximum Gasteiger partial charge on any atom is 0.235 e. The number of benzene rings is 2. The molecule has 0 spiro atoms. The largest absolute Gasteiger partial charge is 0.494 e. The Balaban J connectivity index is 1.88. The first kappa shape index (κ1) is 18.5. The highest BCUT2D eigenvalue weighted by Gasteiger charge is 2.41. The van der Waals surface area contributed by atoms with Gasteiger partial charge in [0.05, 0.1) is 12.0 Å². The lowest BCUT2D eigenvalue weighted by Gasteiger charge is -2.36. The summed E-state index contributed by atoms with van der Waals surface area (Å²) in [4.78, 5) is 13.4. The highest BCUT2D eigenvalue weighted by atomic mass is 16.5. The van der Waals surface area contributed by atoms with Crippen molar-refractivity contribution in [2.24, 2.45) is 0 Å². The Morgan fingerprint density at radius 1 is 1.08 bits per heavy atom. The number of hydrogen-bond donors (Lipinski definition) is 1. The summed E-state index contributed by atoms with van der Waals surface area (Å²) in [6.45, 7) is 6.72. The molecule has 0 aliphatic heterocycles. The fraction of sp³-hybridized carbons (Fsp3) is 0.435. The van der Waals surface area contributed by atoms with Crippen LogP contribution in [0.3, 0.4) is 0 Å². The minimum atomic E-state index is -0.420. The molecule has 0 unspecified atom stereocenters. The lowest BCUT2D eigenvalue weighted by atomic mass is 9.68. The van der Waals surface area contributed by atoms with E-state index in [4.69, 9.17) is 4.74 Å². The highest BCUT2D eigenvalue weighted by Crippen LogP contribution is 2.41. The quantitative estimate of drug-likeness (QED) is 0.768. The van der Waals surface area contributed by atoms with Crippen LogP contribution in [0.15, 0.2) is 42.5 Å². The van der Waals surface area contributed by atoms with Crippen LogP contribution in [0, 0.1) is 13.8 Å². The van der Waals surface area contributed by atoms with E-state index < -0.39 is 5.41 Å². The number of ether oxygens (including phenoxy) is 1. The predicted octanol–water partition coefficient (Wildman–Crippen LogP) is 5.54. The monoisotopic (exact) mass is 351 g/mol. The van der Waals surface area contributed by atoms with Crippen LogP contribution in [0.2, 0.25) is 0 Å². The molecule has 2 aromatic carbocycles. The summed E-state index contributed by atoms with van der Waals surface area (Å²) >= 11 is 0. The van der Waals surface area contributed by atoms with E-state index in [2.05, 4.69) is 36.5 Å². The second kappa shape index (κ2) is 7.94. The molecular formula is C23H29NO2. The number of carbonyl (C=O) groups excluding carboxylic acids is 1. The Hall–Kier alpha value is -2.29. The van der Waals surface area contributed by atoms with Gasteiger partial charge in [0.15, 0.2) is 0 Å². The first-order chi connectivity index (χ1) is 12.5. The van der Waals surface area contributed by atoms with Gasteiger partial charge in [0, 0.05) is 5.69 Å². The number of hydrogen-bond acceptors (Lipinski definition) is 2. The summed E-state index contributed by atoms with van der Waals surface area (Å²) in [5, 5.41) is 3.19. The Morgan fingerprint density at radius 2 is 1.85 bits per heavy atom. The van der Waals surface area contributed by atoms with E-state index in [1.54, 1.807) is 0 Å². The van der Waals surface area contributed by atoms with Gasteiger partial charge in [0.1, 0.15) is 5.75 Å². The highest BCUT2D eigenvalue weighted by molar-refractivity contribution is 5.99. The van der Waals surface area contributed by atoms with Crippen molar-refractivity contribution >= 4 is 11.6 Å². The molecule has 1 aliphatic rings. The molecule has 0 saturated heterocycles. The molecule has 1 amide bonds. The predicted molar refractivity (Wildman–Crippen MR) is 107 cm³/mol. The van der Waals surface area contributed by atoms with Gasteiger partial charge in [0.2, 0.25) is 5.91 Å².